The van der Waals surface area contributed by atoms with Crippen LogP contribution < -0.4 is 4.74 Å². The average Bonchev–Trinajstić information content (AvgIpc) is 3.36. The van der Waals surface area contributed by atoms with Gasteiger partial charge in [0.25, 0.3) is 0 Å². The summed E-state index contributed by atoms with van der Waals surface area (Å²) in [7, 11) is 0. The van der Waals surface area contributed by atoms with Gasteiger partial charge in [-0.1, -0.05) is 78.9 Å². The molecule has 0 atom stereocenters. The van der Waals surface area contributed by atoms with E-state index >= 15 is 0 Å². The SMILES string of the molecule is N#Cc1cc(-c2ccccc2)cc(-c2cccc(-c3ccc4c(c3)c3cccc5c3n4-c3ccccc3O5)c2)c1. The summed E-state index contributed by atoms with van der Waals surface area (Å²) in [5.74, 6) is 1.74. The minimum absolute atomic E-state index is 0.653. The summed E-state index contributed by atoms with van der Waals surface area (Å²) < 4.78 is 8.59. The Balaban J connectivity index is 1.28. The third-order valence-corrected chi connectivity index (χ3v) is 7.77. The van der Waals surface area contributed by atoms with E-state index in [1.54, 1.807) is 0 Å². The van der Waals surface area contributed by atoms with Crippen molar-refractivity contribution in [2.24, 2.45) is 0 Å². The normalized spacial score (nSPS) is 11.7. The molecule has 0 saturated heterocycles. The van der Waals surface area contributed by atoms with Gasteiger partial charge in [-0.25, -0.2) is 0 Å². The molecule has 1 aromatic heterocycles. The zero-order chi connectivity index (χ0) is 26.6. The van der Waals surface area contributed by atoms with Crippen LogP contribution in [-0.4, -0.2) is 4.57 Å². The van der Waals surface area contributed by atoms with Gasteiger partial charge in [-0.2, -0.15) is 5.26 Å². The topological polar surface area (TPSA) is 38.0 Å². The summed E-state index contributed by atoms with van der Waals surface area (Å²) in [5, 5.41) is 12.1. The minimum Gasteiger partial charge on any atom is -0.453 e. The number of hydrogen-bond donors (Lipinski definition) is 0. The lowest BCUT2D eigenvalue weighted by Gasteiger charge is -2.20. The van der Waals surface area contributed by atoms with Crippen LogP contribution in [0.3, 0.4) is 0 Å². The van der Waals surface area contributed by atoms with E-state index in [4.69, 9.17) is 4.74 Å². The monoisotopic (exact) mass is 510 g/mol. The lowest BCUT2D eigenvalue weighted by molar-refractivity contribution is 0.476. The number of para-hydroxylation sites is 3. The van der Waals surface area contributed by atoms with Crippen LogP contribution in [0.25, 0.3) is 60.9 Å². The maximum atomic E-state index is 9.75. The van der Waals surface area contributed by atoms with Crippen LogP contribution in [0.1, 0.15) is 5.56 Å². The quantitative estimate of drug-likeness (QED) is 0.237. The van der Waals surface area contributed by atoms with Crippen molar-refractivity contribution in [3.63, 3.8) is 0 Å². The Hall–Kier alpha value is -5.59. The summed E-state index contributed by atoms with van der Waals surface area (Å²) in [5.41, 5.74) is 10.5. The maximum Gasteiger partial charge on any atom is 0.152 e. The highest BCUT2D eigenvalue weighted by Crippen LogP contribution is 2.45. The first kappa shape index (κ1) is 22.4. The highest BCUT2D eigenvalue weighted by molar-refractivity contribution is 6.13. The van der Waals surface area contributed by atoms with Crippen LogP contribution in [0.4, 0.5) is 0 Å². The molecule has 0 radical (unpaired) electrons. The molecule has 2 heterocycles. The zero-order valence-electron chi connectivity index (χ0n) is 21.5. The Morgan fingerprint density at radius 1 is 0.500 bits per heavy atom. The molecular formula is C37H22N2O. The van der Waals surface area contributed by atoms with E-state index in [2.05, 4.69) is 95.6 Å². The summed E-state index contributed by atoms with van der Waals surface area (Å²) >= 11 is 0. The number of benzene rings is 6. The first-order valence-corrected chi connectivity index (χ1v) is 13.3. The van der Waals surface area contributed by atoms with Gasteiger partial charge in [-0.15, -0.1) is 0 Å². The molecule has 186 valence electrons. The minimum atomic E-state index is 0.653. The van der Waals surface area contributed by atoms with Crippen molar-refractivity contribution in [1.82, 2.24) is 4.57 Å². The number of hydrogen-bond acceptors (Lipinski definition) is 2. The van der Waals surface area contributed by atoms with Crippen molar-refractivity contribution in [1.29, 1.82) is 5.26 Å². The Morgan fingerprint density at radius 2 is 1.15 bits per heavy atom. The van der Waals surface area contributed by atoms with Crippen molar-refractivity contribution in [3.05, 3.63) is 139 Å². The smallest absolute Gasteiger partial charge is 0.152 e. The first-order chi connectivity index (χ1) is 19.8. The maximum absolute atomic E-state index is 9.75. The molecule has 3 heteroatoms. The Bertz CT molecular complexity index is 2150. The molecule has 7 aromatic rings. The van der Waals surface area contributed by atoms with Crippen LogP contribution in [0.5, 0.6) is 11.5 Å². The van der Waals surface area contributed by atoms with Crippen LogP contribution in [0, 0.1) is 11.3 Å². The molecule has 1 aliphatic heterocycles. The molecule has 0 unspecified atom stereocenters. The van der Waals surface area contributed by atoms with Crippen LogP contribution in [0.2, 0.25) is 0 Å². The molecule has 40 heavy (non-hydrogen) atoms. The highest BCUT2D eigenvalue weighted by Gasteiger charge is 2.23. The lowest BCUT2D eigenvalue weighted by atomic mass is 9.94. The van der Waals surface area contributed by atoms with E-state index in [1.807, 2.05) is 48.5 Å². The van der Waals surface area contributed by atoms with E-state index in [0.717, 1.165) is 61.6 Å². The molecule has 6 aromatic carbocycles. The molecule has 0 N–H and O–H groups in total. The van der Waals surface area contributed by atoms with Crippen LogP contribution >= 0.6 is 0 Å². The second-order valence-corrected chi connectivity index (χ2v) is 10.1. The van der Waals surface area contributed by atoms with E-state index < -0.39 is 0 Å². The van der Waals surface area contributed by atoms with Gasteiger partial charge in [0.1, 0.15) is 0 Å². The zero-order valence-corrected chi connectivity index (χ0v) is 21.5. The number of nitriles is 1. The third kappa shape index (κ3) is 3.44. The highest BCUT2D eigenvalue weighted by atomic mass is 16.5. The molecule has 3 nitrogen and oxygen atoms in total. The Kier molecular flexibility index (Phi) is 4.89. The fourth-order valence-electron chi connectivity index (χ4n) is 5.93. The first-order valence-electron chi connectivity index (χ1n) is 13.3. The van der Waals surface area contributed by atoms with Crippen molar-refractivity contribution in [3.8, 4) is 56.6 Å². The van der Waals surface area contributed by atoms with Crippen molar-refractivity contribution < 1.29 is 4.74 Å². The van der Waals surface area contributed by atoms with Gasteiger partial charge in [0.15, 0.2) is 11.5 Å². The number of aromatic nitrogens is 1. The van der Waals surface area contributed by atoms with Crippen LogP contribution in [0.15, 0.2) is 133 Å². The van der Waals surface area contributed by atoms with Gasteiger partial charge >= 0.3 is 0 Å². The van der Waals surface area contributed by atoms with Gasteiger partial charge in [-0.3, -0.25) is 0 Å². The van der Waals surface area contributed by atoms with Gasteiger partial charge < -0.3 is 9.30 Å². The van der Waals surface area contributed by atoms with Gasteiger partial charge in [0, 0.05) is 10.8 Å². The van der Waals surface area contributed by atoms with E-state index in [0.29, 0.717) is 5.56 Å². The Morgan fingerprint density at radius 3 is 2.00 bits per heavy atom. The summed E-state index contributed by atoms with van der Waals surface area (Å²) in [6.07, 6.45) is 0. The van der Waals surface area contributed by atoms with Crippen LogP contribution in [-0.2, 0) is 0 Å². The molecule has 8 rings (SSSR count). The summed E-state index contributed by atoms with van der Waals surface area (Å²) in [6, 6.07) is 48.4. The standard InChI is InChI=1S/C37H22N2O/c38-23-24-18-29(25-8-2-1-3-9-25)21-30(19-24)27-11-6-10-26(20-27)28-16-17-33-32(22-28)31-12-7-15-36-37(31)39(33)34-13-4-5-14-35(34)40-36/h1-22H. The second-order valence-electron chi connectivity index (χ2n) is 10.1. The summed E-state index contributed by atoms with van der Waals surface area (Å²) in [4.78, 5) is 0. The largest absolute Gasteiger partial charge is 0.453 e. The summed E-state index contributed by atoms with van der Waals surface area (Å²) in [6.45, 7) is 0. The van der Waals surface area contributed by atoms with E-state index in [9.17, 15) is 5.26 Å². The number of nitrogens with zero attached hydrogens (tertiary/aromatic N) is 2. The lowest BCUT2D eigenvalue weighted by Crippen LogP contribution is -2.03. The van der Waals surface area contributed by atoms with Gasteiger partial charge in [-0.05, 0) is 88.0 Å². The predicted molar refractivity (Wildman–Crippen MR) is 162 cm³/mol. The molecule has 1 aliphatic rings. The van der Waals surface area contributed by atoms with Gasteiger partial charge in [0.05, 0.1) is 28.4 Å². The number of rotatable bonds is 3. The molecular weight excluding hydrogens is 488 g/mol. The number of ether oxygens (including phenoxy) is 1. The molecule has 0 saturated carbocycles. The molecule has 0 fully saturated rings. The fraction of sp³-hybridized carbons (Fsp3) is 0. The second kappa shape index (κ2) is 8.73. The molecule has 0 amide bonds. The van der Waals surface area contributed by atoms with E-state index in [-0.39, 0.29) is 0 Å². The fourth-order valence-corrected chi connectivity index (χ4v) is 5.93. The van der Waals surface area contributed by atoms with Crippen molar-refractivity contribution in [2.45, 2.75) is 0 Å². The third-order valence-electron chi connectivity index (χ3n) is 7.77. The van der Waals surface area contributed by atoms with Crippen molar-refractivity contribution >= 4 is 21.8 Å². The Labute approximate surface area is 231 Å². The molecule has 0 aliphatic carbocycles. The molecule has 0 spiro atoms. The average molecular weight is 511 g/mol. The van der Waals surface area contributed by atoms with E-state index in [1.165, 1.54) is 10.8 Å². The predicted octanol–water partition coefficient (Wildman–Crippen LogP) is 9.76. The number of fused-ring (bicyclic) bond motifs is 5. The van der Waals surface area contributed by atoms with Gasteiger partial charge in [0.2, 0.25) is 0 Å². The molecule has 0 bridgehead atoms. The van der Waals surface area contributed by atoms with Crippen molar-refractivity contribution in [2.75, 3.05) is 0 Å².